The number of rotatable bonds is 5. The lowest BCUT2D eigenvalue weighted by atomic mass is 10.1. The SMILES string of the molecule is COC(=O)C(CCSC(F)(F)F)C(=O)OC. The van der Waals surface area contributed by atoms with E-state index in [9.17, 15) is 22.8 Å². The summed E-state index contributed by atoms with van der Waals surface area (Å²) in [6.45, 7) is 0. The smallest absolute Gasteiger partial charge is 0.441 e. The van der Waals surface area contributed by atoms with Gasteiger partial charge in [0.2, 0.25) is 0 Å². The molecule has 0 fully saturated rings. The number of carbonyl (C=O) groups is 2. The number of halogens is 3. The highest BCUT2D eigenvalue weighted by atomic mass is 32.2. The Kier molecular flexibility index (Phi) is 6.24. The van der Waals surface area contributed by atoms with Crippen molar-refractivity contribution in [3.8, 4) is 0 Å². The zero-order chi connectivity index (χ0) is 12.8. The number of hydrogen-bond acceptors (Lipinski definition) is 5. The fourth-order valence-electron chi connectivity index (χ4n) is 0.909. The summed E-state index contributed by atoms with van der Waals surface area (Å²) in [7, 11) is 2.10. The molecule has 94 valence electrons. The topological polar surface area (TPSA) is 52.6 Å². The maximum absolute atomic E-state index is 11.8. The molecule has 0 N–H and O–H groups in total. The van der Waals surface area contributed by atoms with Crippen LogP contribution in [0.2, 0.25) is 0 Å². The average Bonchev–Trinajstić information content (AvgIpc) is 2.21. The maximum atomic E-state index is 11.8. The third-order valence-electron chi connectivity index (χ3n) is 1.64. The van der Waals surface area contributed by atoms with Crippen LogP contribution in [-0.4, -0.2) is 37.4 Å². The number of alkyl halides is 3. The summed E-state index contributed by atoms with van der Waals surface area (Å²) in [5.74, 6) is -3.49. The van der Waals surface area contributed by atoms with Crippen LogP contribution >= 0.6 is 11.8 Å². The second-order valence-corrected chi connectivity index (χ2v) is 3.84. The minimum Gasteiger partial charge on any atom is -0.468 e. The van der Waals surface area contributed by atoms with E-state index in [1.54, 1.807) is 0 Å². The Labute approximate surface area is 94.5 Å². The zero-order valence-corrected chi connectivity index (χ0v) is 9.48. The van der Waals surface area contributed by atoms with Crippen molar-refractivity contribution in [2.24, 2.45) is 5.92 Å². The minimum absolute atomic E-state index is 0.274. The summed E-state index contributed by atoms with van der Waals surface area (Å²) in [6.07, 6.45) is -0.274. The molecule has 8 heteroatoms. The number of ether oxygens (including phenoxy) is 2. The van der Waals surface area contributed by atoms with Crippen LogP contribution in [0.25, 0.3) is 0 Å². The number of methoxy groups -OCH3 is 2. The Morgan fingerprint density at radius 3 is 1.94 bits per heavy atom. The molecule has 0 atom stereocenters. The van der Waals surface area contributed by atoms with Gasteiger partial charge in [0.25, 0.3) is 0 Å². The highest BCUT2D eigenvalue weighted by Gasteiger charge is 2.32. The van der Waals surface area contributed by atoms with Gasteiger partial charge in [0.1, 0.15) is 0 Å². The molecule has 0 aliphatic rings. The van der Waals surface area contributed by atoms with E-state index in [0.29, 0.717) is 0 Å². The summed E-state index contributed by atoms with van der Waals surface area (Å²) in [4.78, 5) is 22.1. The number of thioether (sulfide) groups is 1. The molecule has 16 heavy (non-hydrogen) atoms. The van der Waals surface area contributed by atoms with Crippen LogP contribution < -0.4 is 0 Å². The van der Waals surface area contributed by atoms with Gasteiger partial charge in [0.05, 0.1) is 14.2 Å². The number of esters is 2. The highest BCUT2D eigenvalue weighted by molar-refractivity contribution is 8.00. The lowest BCUT2D eigenvalue weighted by Crippen LogP contribution is -2.27. The van der Waals surface area contributed by atoms with E-state index < -0.39 is 29.1 Å². The molecule has 0 aliphatic heterocycles. The van der Waals surface area contributed by atoms with Crippen molar-refractivity contribution in [2.45, 2.75) is 11.9 Å². The van der Waals surface area contributed by atoms with Gasteiger partial charge < -0.3 is 9.47 Å². The molecule has 4 nitrogen and oxygen atoms in total. The Balaban J connectivity index is 4.24. The molecule has 0 heterocycles. The van der Waals surface area contributed by atoms with E-state index in [-0.39, 0.29) is 18.2 Å². The van der Waals surface area contributed by atoms with Gasteiger partial charge in [-0.25, -0.2) is 0 Å². The Bertz CT molecular complexity index is 238. The van der Waals surface area contributed by atoms with E-state index in [2.05, 4.69) is 9.47 Å². The van der Waals surface area contributed by atoms with Gasteiger partial charge in [-0.1, -0.05) is 11.8 Å². The van der Waals surface area contributed by atoms with Gasteiger partial charge in [-0.15, -0.1) is 0 Å². The second-order valence-electron chi connectivity index (χ2n) is 2.68. The van der Waals surface area contributed by atoms with Gasteiger partial charge in [0, 0.05) is 5.75 Å². The molecule has 0 unspecified atom stereocenters. The lowest BCUT2D eigenvalue weighted by molar-refractivity contribution is -0.158. The van der Waals surface area contributed by atoms with Gasteiger partial charge in [0.15, 0.2) is 5.92 Å². The molecule has 0 saturated heterocycles. The Morgan fingerprint density at radius 2 is 1.62 bits per heavy atom. The predicted molar refractivity (Wildman–Crippen MR) is 50.7 cm³/mol. The minimum atomic E-state index is -4.38. The first-order valence-corrected chi connectivity index (χ1v) is 5.16. The Morgan fingerprint density at radius 1 is 1.19 bits per heavy atom. The third kappa shape index (κ3) is 5.84. The quantitative estimate of drug-likeness (QED) is 0.555. The summed E-state index contributed by atoms with van der Waals surface area (Å²) in [5.41, 5.74) is -4.38. The summed E-state index contributed by atoms with van der Waals surface area (Å²) in [5, 5.41) is 0. The van der Waals surface area contributed by atoms with Crippen LogP contribution in [0.15, 0.2) is 0 Å². The first kappa shape index (κ1) is 15.1. The van der Waals surface area contributed by atoms with Gasteiger partial charge in [-0.05, 0) is 6.42 Å². The van der Waals surface area contributed by atoms with Crippen LogP contribution in [0.4, 0.5) is 13.2 Å². The molecule has 0 rings (SSSR count). The lowest BCUT2D eigenvalue weighted by Gasteiger charge is -2.12. The molecule has 0 amide bonds. The molecule has 0 aliphatic carbocycles. The van der Waals surface area contributed by atoms with Crippen LogP contribution in [-0.2, 0) is 19.1 Å². The van der Waals surface area contributed by atoms with Crippen molar-refractivity contribution in [3.63, 3.8) is 0 Å². The van der Waals surface area contributed by atoms with Crippen LogP contribution in [0.5, 0.6) is 0 Å². The van der Waals surface area contributed by atoms with E-state index >= 15 is 0 Å². The van der Waals surface area contributed by atoms with Crippen molar-refractivity contribution in [3.05, 3.63) is 0 Å². The molecule has 0 spiro atoms. The van der Waals surface area contributed by atoms with Crippen LogP contribution in [0.3, 0.4) is 0 Å². The first-order chi connectivity index (χ1) is 7.31. The molecule has 0 aromatic heterocycles. The molecular formula is C8H11F3O4S. The van der Waals surface area contributed by atoms with Crippen molar-refractivity contribution in [1.29, 1.82) is 0 Å². The molecule has 0 radical (unpaired) electrons. The van der Waals surface area contributed by atoms with Crippen LogP contribution in [0.1, 0.15) is 6.42 Å². The van der Waals surface area contributed by atoms with E-state index in [4.69, 9.17) is 0 Å². The molecule has 0 aromatic carbocycles. The Hall–Kier alpha value is -0.920. The van der Waals surface area contributed by atoms with Crippen molar-refractivity contribution < 1.29 is 32.2 Å². The van der Waals surface area contributed by atoms with Crippen molar-refractivity contribution in [2.75, 3.05) is 20.0 Å². The largest absolute Gasteiger partial charge is 0.468 e. The first-order valence-electron chi connectivity index (χ1n) is 4.18. The average molecular weight is 260 g/mol. The van der Waals surface area contributed by atoms with Crippen molar-refractivity contribution in [1.82, 2.24) is 0 Å². The van der Waals surface area contributed by atoms with E-state index in [1.165, 1.54) is 0 Å². The van der Waals surface area contributed by atoms with Crippen LogP contribution in [0, 0.1) is 5.92 Å². The second kappa shape index (κ2) is 6.62. The zero-order valence-electron chi connectivity index (χ0n) is 8.67. The van der Waals surface area contributed by atoms with Crippen molar-refractivity contribution >= 4 is 23.7 Å². The monoisotopic (exact) mass is 260 g/mol. The summed E-state index contributed by atoms with van der Waals surface area (Å²) >= 11 is -0.298. The van der Waals surface area contributed by atoms with Gasteiger partial charge in [-0.2, -0.15) is 13.2 Å². The third-order valence-corrected chi connectivity index (χ3v) is 2.41. The van der Waals surface area contributed by atoms with E-state index in [1.807, 2.05) is 0 Å². The fourth-order valence-corrected chi connectivity index (χ4v) is 1.49. The summed E-state index contributed by atoms with van der Waals surface area (Å²) < 4.78 is 44.0. The molecular weight excluding hydrogens is 249 g/mol. The summed E-state index contributed by atoms with van der Waals surface area (Å²) in [6, 6.07) is 0. The maximum Gasteiger partial charge on any atom is 0.441 e. The fraction of sp³-hybridized carbons (Fsp3) is 0.750. The van der Waals surface area contributed by atoms with E-state index in [0.717, 1.165) is 14.2 Å². The standard InChI is InChI=1S/C8H11F3O4S/c1-14-6(12)5(7(13)15-2)3-4-16-8(9,10)11/h5H,3-4H2,1-2H3. The van der Waals surface area contributed by atoms with Gasteiger partial charge >= 0.3 is 17.4 Å². The molecule has 0 aromatic rings. The number of carbonyl (C=O) groups excluding carboxylic acids is 2. The molecule has 0 bridgehead atoms. The highest BCUT2D eigenvalue weighted by Crippen LogP contribution is 2.31. The number of hydrogen-bond donors (Lipinski definition) is 0. The van der Waals surface area contributed by atoms with Gasteiger partial charge in [-0.3, -0.25) is 9.59 Å². The normalized spacial score (nSPS) is 11.4. The molecule has 0 saturated carbocycles. The predicted octanol–water partition coefficient (Wildman–Crippen LogP) is 1.59.